The Morgan fingerprint density at radius 1 is 1.42 bits per heavy atom. The lowest BCUT2D eigenvalue weighted by molar-refractivity contribution is -0.139. The van der Waals surface area contributed by atoms with Gasteiger partial charge in [-0.3, -0.25) is 0 Å². The van der Waals surface area contributed by atoms with Crippen molar-refractivity contribution < 1.29 is 14.7 Å². The van der Waals surface area contributed by atoms with Crippen molar-refractivity contribution >= 4 is 23.8 Å². The molecule has 19 heavy (non-hydrogen) atoms. The number of thioether (sulfide) groups is 1. The van der Waals surface area contributed by atoms with Crippen molar-refractivity contribution in [2.45, 2.75) is 51.1 Å². The zero-order valence-corrected chi connectivity index (χ0v) is 12.5. The molecule has 2 amide bonds. The van der Waals surface area contributed by atoms with Gasteiger partial charge in [0.15, 0.2) is 0 Å². The number of carbonyl (C=O) groups excluding carboxylic acids is 1. The summed E-state index contributed by atoms with van der Waals surface area (Å²) in [6.45, 7) is 2.75. The molecular weight excluding hydrogens is 264 g/mol. The highest BCUT2D eigenvalue weighted by atomic mass is 32.2. The quantitative estimate of drug-likeness (QED) is 0.813. The van der Waals surface area contributed by atoms with Crippen LogP contribution in [0.3, 0.4) is 0 Å². The summed E-state index contributed by atoms with van der Waals surface area (Å²) in [7, 11) is 0. The second-order valence-corrected chi connectivity index (χ2v) is 6.00. The summed E-state index contributed by atoms with van der Waals surface area (Å²) in [5.41, 5.74) is 0. The average molecular weight is 288 g/mol. The van der Waals surface area contributed by atoms with E-state index in [-0.39, 0.29) is 12.1 Å². The van der Waals surface area contributed by atoms with E-state index in [2.05, 4.69) is 5.32 Å². The zero-order chi connectivity index (χ0) is 14.3. The third kappa shape index (κ3) is 5.30. The number of nitrogens with one attached hydrogen (secondary N) is 1. The third-order valence-corrected chi connectivity index (χ3v) is 4.16. The second kappa shape index (κ2) is 8.30. The van der Waals surface area contributed by atoms with Crippen molar-refractivity contribution in [2.24, 2.45) is 0 Å². The number of carboxylic acids is 1. The first-order valence-electron chi connectivity index (χ1n) is 6.85. The smallest absolute Gasteiger partial charge is 0.326 e. The minimum Gasteiger partial charge on any atom is -0.480 e. The first kappa shape index (κ1) is 16.1. The standard InChI is InChI=1S/C13H24N2O3S/c1-10-6-4-3-5-8-15(10)13(18)14-11(12(16)17)7-9-19-2/h10-11H,3-9H2,1-2H3,(H,14,18)(H,16,17)/t10?,11-/m1/s1. The summed E-state index contributed by atoms with van der Waals surface area (Å²) in [5, 5.41) is 11.8. The fraction of sp³-hybridized carbons (Fsp3) is 0.846. The van der Waals surface area contributed by atoms with Gasteiger partial charge in [0.1, 0.15) is 6.04 Å². The molecule has 1 fully saturated rings. The maximum Gasteiger partial charge on any atom is 0.326 e. The number of carbonyl (C=O) groups is 2. The Labute approximate surface area is 119 Å². The van der Waals surface area contributed by atoms with Gasteiger partial charge in [-0.15, -0.1) is 0 Å². The van der Waals surface area contributed by atoms with Crippen molar-refractivity contribution in [2.75, 3.05) is 18.6 Å². The first-order chi connectivity index (χ1) is 9.06. The zero-order valence-electron chi connectivity index (χ0n) is 11.7. The van der Waals surface area contributed by atoms with E-state index >= 15 is 0 Å². The van der Waals surface area contributed by atoms with Crippen molar-refractivity contribution in [3.8, 4) is 0 Å². The molecule has 0 saturated carbocycles. The molecule has 2 atom stereocenters. The number of aliphatic carboxylic acids is 1. The SMILES string of the molecule is CSCC[C@@H](NC(=O)N1CCCCCC1C)C(=O)O. The number of urea groups is 1. The predicted molar refractivity (Wildman–Crippen MR) is 77.6 cm³/mol. The van der Waals surface area contributed by atoms with E-state index in [1.165, 1.54) is 0 Å². The molecule has 0 aliphatic carbocycles. The van der Waals surface area contributed by atoms with Crippen LogP contribution in [0.25, 0.3) is 0 Å². The summed E-state index contributed by atoms with van der Waals surface area (Å²) >= 11 is 1.59. The van der Waals surface area contributed by atoms with Crippen molar-refractivity contribution in [1.29, 1.82) is 0 Å². The van der Waals surface area contributed by atoms with Gasteiger partial charge in [-0.25, -0.2) is 9.59 Å². The minimum atomic E-state index is -0.954. The highest BCUT2D eigenvalue weighted by Gasteiger charge is 2.26. The van der Waals surface area contributed by atoms with Crippen LogP contribution >= 0.6 is 11.8 Å². The molecule has 1 unspecified atom stereocenters. The maximum atomic E-state index is 12.2. The summed E-state index contributed by atoms with van der Waals surface area (Å²) in [6.07, 6.45) is 6.67. The number of nitrogens with zero attached hydrogens (tertiary/aromatic N) is 1. The van der Waals surface area contributed by atoms with Gasteiger partial charge in [-0.05, 0) is 38.2 Å². The van der Waals surface area contributed by atoms with Gasteiger partial charge in [0.05, 0.1) is 0 Å². The van der Waals surface area contributed by atoms with E-state index in [0.717, 1.165) is 38.0 Å². The number of likely N-dealkylation sites (tertiary alicyclic amines) is 1. The molecule has 1 rings (SSSR count). The molecule has 1 aliphatic heterocycles. The largest absolute Gasteiger partial charge is 0.480 e. The number of carboxylic acid groups (broad SMARTS) is 1. The molecule has 0 spiro atoms. The number of hydrogen-bond donors (Lipinski definition) is 2. The Kier molecular flexibility index (Phi) is 7.05. The third-order valence-electron chi connectivity index (χ3n) is 3.52. The van der Waals surface area contributed by atoms with Gasteiger partial charge >= 0.3 is 12.0 Å². The number of hydrogen-bond acceptors (Lipinski definition) is 3. The Balaban J connectivity index is 2.56. The van der Waals surface area contributed by atoms with Crippen LogP contribution in [0.5, 0.6) is 0 Å². The highest BCUT2D eigenvalue weighted by Crippen LogP contribution is 2.16. The molecule has 0 aromatic rings. The predicted octanol–water partition coefficient (Wildman–Crippen LogP) is 2.17. The van der Waals surface area contributed by atoms with Crippen LogP contribution in [-0.4, -0.2) is 52.6 Å². The fourth-order valence-electron chi connectivity index (χ4n) is 2.30. The minimum absolute atomic E-state index is 0.192. The second-order valence-electron chi connectivity index (χ2n) is 5.01. The molecule has 110 valence electrons. The Hall–Kier alpha value is -0.910. The summed E-state index contributed by atoms with van der Waals surface area (Å²) in [5.74, 6) is -0.225. The monoisotopic (exact) mass is 288 g/mol. The van der Waals surface area contributed by atoms with Crippen LogP contribution in [0.4, 0.5) is 4.79 Å². The fourth-order valence-corrected chi connectivity index (χ4v) is 2.77. The van der Waals surface area contributed by atoms with Crippen LogP contribution < -0.4 is 5.32 Å². The van der Waals surface area contributed by atoms with Crippen molar-refractivity contribution in [3.63, 3.8) is 0 Å². The molecule has 1 aliphatic rings. The van der Waals surface area contributed by atoms with E-state index in [0.29, 0.717) is 6.42 Å². The van der Waals surface area contributed by atoms with Crippen LogP contribution in [0.15, 0.2) is 0 Å². The molecule has 2 N–H and O–H groups in total. The summed E-state index contributed by atoms with van der Waals surface area (Å²) in [4.78, 5) is 25.1. The van der Waals surface area contributed by atoms with Crippen LogP contribution in [-0.2, 0) is 4.79 Å². The highest BCUT2D eigenvalue weighted by molar-refractivity contribution is 7.98. The van der Waals surface area contributed by atoms with E-state index < -0.39 is 12.0 Å². The number of amides is 2. The maximum absolute atomic E-state index is 12.2. The van der Waals surface area contributed by atoms with E-state index in [1.54, 1.807) is 16.7 Å². The lowest BCUT2D eigenvalue weighted by atomic mass is 10.1. The molecule has 1 saturated heterocycles. The van der Waals surface area contributed by atoms with Crippen LogP contribution in [0.2, 0.25) is 0 Å². The molecule has 0 bridgehead atoms. The van der Waals surface area contributed by atoms with Crippen molar-refractivity contribution in [3.05, 3.63) is 0 Å². The normalized spacial score (nSPS) is 21.6. The Morgan fingerprint density at radius 3 is 2.79 bits per heavy atom. The molecule has 0 aromatic heterocycles. The van der Waals surface area contributed by atoms with Gasteiger partial charge in [0, 0.05) is 12.6 Å². The molecule has 1 heterocycles. The molecular formula is C13H24N2O3S. The van der Waals surface area contributed by atoms with E-state index in [9.17, 15) is 9.59 Å². The van der Waals surface area contributed by atoms with Gasteiger partial charge in [0.25, 0.3) is 0 Å². The van der Waals surface area contributed by atoms with Gasteiger partial charge < -0.3 is 15.3 Å². The van der Waals surface area contributed by atoms with Crippen LogP contribution in [0.1, 0.15) is 39.0 Å². The molecule has 0 radical (unpaired) electrons. The van der Waals surface area contributed by atoms with Gasteiger partial charge in [-0.1, -0.05) is 12.8 Å². The first-order valence-corrected chi connectivity index (χ1v) is 8.24. The van der Waals surface area contributed by atoms with Crippen molar-refractivity contribution in [1.82, 2.24) is 10.2 Å². The van der Waals surface area contributed by atoms with Gasteiger partial charge in [0.2, 0.25) is 0 Å². The summed E-state index contributed by atoms with van der Waals surface area (Å²) < 4.78 is 0. The lowest BCUT2D eigenvalue weighted by Crippen LogP contribution is -2.50. The van der Waals surface area contributed by atoms with E-state index in [1.807, 2.05) is 13.2 Å². The van der Waals surface area contributed by atoms with Gasteiger partial charge in [-0.2, -0.15) is 11.8 Å². The molecule has 6 heteroatoms. The molecule has 5 nitrogen and oxygen atoms in total. The number of rotatable bonds is 5. The van der Waals surface area contributed by atoms with E-state index in [4.69, 9.17) is 5.11 Å². The Bertz CT molecular complexity index is 312. The lowest BCUT2D eigenvalue weighted by Gasteiger charge is -2.28. The van der Waals surface area contributed by atoms with Crippen LogP contribution in [0, 0.1) is 0 Å². The molecule has 0 aromatic carbocycles. The average Bonchev–Trinajstić information content (AvgIpc) is 2.58. The Morgan fingerprint density at radius 2 is 2.16 bits per heavy atom. The summed E-state index contributed by atoms with van der Waals surface area (Å²) in [6, 6.07) is -0.823. The topological polar surface area (TPSA) is 69.6 Å².